The summed E-state index contributed by atoms with van der Waals surface area (Å²) in [7, 11) is 2.73. The van der Waals surface area contributed by atoms with Crippen LogP contribution in [0.3, 0.4) is 0 Å². The standard InChI is InChI=1S/C34H38F6N6O3/c1-20-17-45(22-6-9-33(36,37)10-7-22)12-8-26(20)44-32(48)24-13-21(14-28-30(24)43-19-46(28)18-34(38,39)40)5-4-11-42-27-16-25(35)23(31(47)41-2)15-29(27)49-3/h13-16,19-20,22,26,42H,6-12,17-18H2,1-3H3,(H,41,47)(H,44,48)/t20-,26-/m0/s1. The van der Waals surface area contributed by atoms with E-state index in [2.05, 4.69) is 37.7 Å². The summed E-state index contributed by atoms with van der Waals surface area (Å²) in [6.45, 7) is 1.87. The topological polar surface area (TPSA) is 101 Å². The fourth-order valence-electron chi connectivity index (χ4n) is 6.54. The molecule has 2 aliphatic rings. The molecule has 1 aromatic heterocycles. The molecule has 1 saturated carbocycles. The van der Waals surface area contributed by atoms with Crippen molar-refractivity contribution in [2.45, 2.75) is 69.8 Å². The molecule has 15 heteroatoms. The minimum Gasteiger partial charge on any atom is -0.495 e. The van der Waals surface area contributed by atoms with Gasteiger partial charge in [-0.05, 0) is 43.4 Å². The van der Waals surface area contributed by atoms with Crippen LogP contribution in [0.15, 0.2) is 30.6 Å². The number of piperidine rings is 1. The van der Waals surface area contributed by atoms with E-state index in [1.165, 1.54) is 32.4 Å². The molecule has 2 atom stereocenters. The second-order valence-corrected chi connectivity index (χ2v) is 12.6. The van der Waals surface area contributed by atoms with Crippen molar-refractivity contribution in [2.75, 3.05) is 39.1 Å². The van der Waals surface area contributed by atoms with E-state index in [-0.39, 0.29) is 76.5 Å². The number of nitrogens with zero attached hydrogens (tertiary/aromatic N) is 3. The number of anilines is 1. The summed E-state index contributed by atoms with van der Waals surface area (Å²) >= 11 is 0. The number of benzene rings is 2. The van der Waals surface area contributed by atoms with E-state index >= 15 is 0 Å². The first kappa shape index (κ1) is 35.8. The van der Waals surface area contributed by atoms with Gasteiger partial charge in [0.05, 0.1) is 42.3 Å². The second kappa shape index (κ2) is 14.6. The van der Waals surface area contributed by atoms with Crippen LogP contribution < -0.4 is 20.7 Å². The number of carbonyl (C=O) groups excluding carboxylic acids is 2. The van der Waals surface area contributed by atoms with Gasteiger partial charge in [0.2, 0.25) is 5.92 Å². The Morgan fingerprint density at radius 3 is 2.47 bits per heavy atom. The summed E-state index contributed by atoms with van der Waals surface area (Å²) in [4.78, 5) is 32.0. The van der Waals surface area contributed by atoms with E-state index < -0.39 is 36.3 Å². The number of likely N-dealkylation sites (tertiary alicyclic amines) is 1. The molecule has 0 unspecified atom stereocenters. The maximum Gasteiger partial charge on any atom is 0.406 e. The fourth-order valence-corrected chi connectivity index (χ4v) is 6.54. The summed E-state index contributed by atoms with van der Waals surface area (Å²) < 4.78 is 88.3. The van der Waals surface area contributed by atoms with Crippen LogP contribution in [0, 0.1) is 23.6 Å². The average Bonchev–Trinajstić information content (AvgIpc) is 3.44. The molecule has 0 radical (unpaired) electrons. The van der Waals surface area contributed by atoms with Crippen LogP contribution in [-0.4, -0.2) is 84.2 Å². The molecular formula is C34H38F6N6O3. The molecule has 0 spiro atoms. The molecule has 9 nitrogen and oxygen atoms in total. The number of fused-ring (bicyclic) bond motifs is 1. The summed E-state index contributed by atoms with van der Waals surface area (Å²) in [6.07, 6.45) is -2.33. The van der Waals surface area contributed by atoms with Gasteiger partial charge in [0.15, 0.2) is 0 Å². The third-order valence-electron chi connectivity index (χ3n) is 9.14. The normalized spacial score (nSPS) is 19.9. The van der Waals surface area contributed by atoms with Gasteiger partial charge in [0.25, 0.3) is 11.8 Å². The average molecular weight is 693 g/mol. The first-order valence-electron chi connectivity index (χ1n) is 16.0. The fraction of sp³-hybridized carbons (Fsp3) is 0.500. The van der Waals surface area contributed by atoms with Crippen LogP contribution in [0.25, 0.3) is 11.0 Å². The van der Waals surface area contributed by atoms with Crippen LogP contribution >= 0.6 is 0 Å². The summed E-state index contributed by atoms with van der Waals surface area (Å²) in [5.74, 6) is 1.35. The lowest BCUT2D eigenvalue weighted by Crippen LogP contribution is -2.53. The largest absolute Gasteiger partial charge is 0.495 e. The van der Waals surface area contributed by atoms with E-state index in [4.69, 9.17) is 4.74 Å². The Bertz CT molecular complexity index is 1750. The third kappa shape index (κ3) is 8.59. The molecule has 49 heavy (non-hydrogen) atoms. The highest BCUT2D eigenvalue weighted by molar-refractivity contribution is 6.05. The Hall–Kier alpha value is -4.45. The number of aromatic nitrogens is 2. The van der Waals surface area contributed by atoms with Crippen molar-refractivity contribution in [3.8, 4) is 17.6 Å². The van der Waals surface area contributed by atoms with Crippen molar-refractivity contribution in [2.24, 2.45) is 5.92 Å². The van der Waals surface area contributed by atoms with Gasteiger partial charge in [0, 0.05) is 56.7 Å². The molecule has 1 saturated heterocycles. The molecule has 3 aromatic rings. The lowest BCUT2D eigenvalue weighted by molar-refractivity contribution is -0.140. The van der Waals surface area contributed by atoms with E-state index in [0.717, 1.165) is 17.0 Å². The Morgan fingerprint density at radius 2 is 1.82 bits per heavy atom. The molecule has 5 rings (SSSR count). The number of halogens is 6. The number of carbonyl (C=O) groups is 2. The summed E-state index contributed by atoms with van der Waals surface area (Å²) in [6, 6.07) is 5.05. The zero-order chi connectivity index (χ0) is 35.5. The smallest absolute Gasteiger partial charge is 0.406 e. The van der Waals surface area contributed by atoms with Crippen LogP contribution in [0.4, 0.5) is 32.0 Å². The Balaban J connectivity index is 1.34. The van der Waals surface area contributed by atoms with E-state index in [1.807, 2.05) is 6.92 Å². The lowest BCUT2D eigenvalue weighted by atomic mass is 9.87. The zero-order valence-electron chi connectivity index (χ0n) is 27.3. The minimum atomic E-state index is -4.54. The predicted molar refractivity (Wildman–Crippen MR) is 171 cm³/mol. The zero-order valence-corrected chi connectivity index (χ0v) is 27.3. The third-order valence-corrected chi connectivity index (χ3v) is 9.14. The first-order valence-corrected chi connectivity index (χ1v) is 16.0. The minimum absolute atomic E-state index is 0.000266. The summed E-state index contributed by atoms with van der Waals surface area (Å²) in [5.41, 5.74) is 0.508. The number of hydrogen-bond acceptors (Lipinski definition) is 6. The maximum atomic E-state index is 14.5. The highest BCUT2D eigenvalue weighted by Crippen LogP contribution is 2.36. The molecule has 2 aromatic carbocycles. The van der Waals surface area contributed by atoms with E-state index in [0.29, 0.717) is 32.4 Å². The van der Waals surface area contributed by atoms with Crippen LogP contribution in [0.1, 0.15) is 65.3 Å². The molecule has 2 amide bonds. The molecular weight excluding hydrogens is 654 g/mol. The molecule has 3 N–H and O–H groups in total. The van der Waals surface area contributed by atoms with Gasteiger partial charge in [-0.25, -0.2) is 18.2 Å². The number of rotatable bonds is 8. The van der Waals surface area contributed by atoms with Gasteiger partial charge < -0.3 is 25.3 Å². The van der Waals surface area contributed by atoms with Crippen molar-refractivity contribution >= 4 is 28.5 Å². The molecule has 0 bridgehead atoms. The maximum absolute atomic E-state index is 14.5. The van der Waals surface area contributed by atoms with Gasteiger partial charge in [-0.15, -0.1) is 0 Å². The van der Waals surface area contributed by atoms with Gasteiger partial charge in [-0.1, -0.05) is 18.8 Å². The molecule has 1 aliphatic heterocycles. The van der Waals surface area contributed by atoms with Gasteiger partial charge >= 0.3 is 6.18 Å². The van der Waals surface area contributed by atoms with Crippen molar-refractivity contribution in [1.29, 1.82) is 0 Å². The van der Waals surface area contributed by atoms with E-state index in [9.17, 15) is 35.9 Å². The van der Waals surface area contributed by atoms with Gasteiger partial charge in [0.1, 0.15) is 23.6 Å². The Labute approximate surface area is 279 Å². The monoisotopic (exact) mass is 692 g/mol. The highest BCUT2D eigenvalue weighted by atomic mass is 19.4. The number of hydrogen-bond donors (Lipinski definition) is 3. The molecule has 2 heterocycles. The molecule has 2 fully saturated rings. The Morgan fingerprint density at radius 1 is 1.08 bits per heavy atom. The van der Waals surface area contributed by atoms with E-state index in [1.54, 1.807) is 0 Å². The van der Waals surface area contributed by atoms with Crippen molar-refractivity contribution in [3.63, 3.8) is 0 Å². The van der Waals surface area contributed by atoms with Crippen LogP contribution in [0.2, 0.25) is 0 Å². The van der Waals surface area contributed by atoms with Crippen LogP contribution in [-0.2, 0) is 6.54 Å². The SMILES string of the molecule is CNC(=O)c1cc(OC)c(NCC#Cc2cc(C(=O)N[C@H]3CCN(C4CCC(F)(F)CC4)C[C@@H]3C)c3ncn(CC(F)(F)F)c3c2)cc1F. The quantitative estimate of drug-likeness (QED) is 0.211. The lowest BCUT2D eigenvalue weighted by Gasteiger charge is -2.43. The van der Waals surface area contributed by atoms with Crippen molar-refractivity contribution < 1.29 is 40.7 Å². The van der Waals surface area contributed by atoms with Gasteiger partial charge in [-0.2, -0.15) is 13.2 Å². The summed E-state index contributed by atoms with van der Waals surface area (Å²) in [5, 5.41) is 8.28. The van der Waals surface area contributed by atoms with Crippen molar-refractivity contribution in [1.82, 2.24) is 25.1 Å². The van der Waals surface area contributed by atoms with Gasteiger partial charge in [-0.3, -0.25) is 14.5 Å². The number of methoxy groups -OCH3 is 1. The highest BCUT2D eigenvalue weighted by Gasteiger charge is 2.39. The number of alkyl halides is 5. The number of imidazole rings is 1. The molecule has 264 valence electrons. The first-order chi connectivity index (χ1) is 23.2. The molecule has 1 aliphatic carbocycles. The number of ether oxygens (including phenoxy) is 1. The number of nitrogens with one attached hydrogen (secondary N) is 3. The predicted octanol–water partition coefficient (Wildman–Crippen LogP) is 5.59. The number of amides is 2. The Kier molecular flexibility index (Phi) is 10.7. The van der Waals surface area contributed by atoms with Crippen molar-refractivity contribution in [3.05, 3.63) is 53.1 Å². The van der Waals surface area contributed by atoms with Crippen LogP contribution in [0.5, 0.6) is 5.75 Å². The second-order valence-electron chi connectivity index (χ2n) is 12.6.